The summed E-state index contributed by atoms with van der Waals surface area (Å²) in [6.07, 6.45) is 1.59. The number of carbonyl (C=O) groups excluding carboxylic acids is 3. The van der Waals surface area contributed by atoms with Crippen molar-refractivity contribution >= 4 is 50.9 Å². The van der Waals surface area contributed by atoms with E-state index in [2.05, 4.69) is 15.9 Å². The first-order chi connectivity index (χ1) is 15.4. The molecule has 1 saturated heterocycles. The first kappa shape index (κ1) is 23.9. The van der Waals surface area contributed by atoms with Crippen LogP contribution >= 0.6 is 27.7 Å². The smallest absolute Gasteiger partial charge is 0.326 e. The molecule has 7 nitrogen and oxygen atoms in total. The molecule has 2 amide bonds. The van der Waals surface area contributed by atoms with Gasteiger partial charge in [0, 0.05) is 4.47 Å². The van der Waals surface area contributed by atoms with E-state index in [1.165, 1.54) is 0 Å². The van der Waals surface area contributed by atoms with Gasteiger partial charge >= 0.3 is 5.97 Å². The van der Waals surface area contributed by atoms with Crippen LogP contribution in [0, 0.1) is 0 Å². The fourth-order valence-electron chi connectivity index (χ4n) is 2.87. The molecular weight excluding hydrogens is 498 g/mol. The number of esters is 1. The Morgan fingerprint density at radius 2 is 1.78 bits per heavy atom. The van der Waals surface area contributed by atoms with Crippen LogP contribution in [-0.2, 0) is 20.9 Å². The SMILES string of the molecule is CCOC(=O)CN1C(=O)S/C(=C/c2ccc(OCc3ccc(Br)cc3)c(OCC)c2)C1=O. The van der Waals surface area contributed by atoms with Gasteiger partial charge in [-0.05, 0) is 67.1 Å². The molecule has 168 valence electrons. The molecule has 2 aromatic rings. The average Bonchev–Trinajstić information content (AvgIpc) is 3.02. The lowest BCUT2D eigenvalue weighted by Crippen LogP contribution is -2.34. The molecule has 1 fully saturated rings. The molecule has 0 unspecified atom stereocenters. The van der Waals surface area contributed by atoms with Gasteiger partial charge in [-0.15, -0.1) is 0 Å². The van der Waals surface area contributed by atoms with Crippen LogP contribution in [0.2, 0.25) is 0 Å². The summed E-state index contributed by atoms with van der Waals surface area (Å²) in [6.45, 7) is 4.12. The predicted octanol–water partition coefficient (Wildman–Crippen LogP) is 5.03. The van der Waals surface area contributed by atoms with Crippen molar-refractivity contribution in [3.8, 4) is 11.5 Å². The van der Waals surface area contributed by atoms with E-state index in [1.54, 1.807) is 31.2 Å². The number of rotatable bonds is 9. The van der Waals surface area contributed by atoms with Gasteiger partial charge in [0.2, 0.25) is 0 Å². The molecule has 9 heteroatoms. The van der Waals surface area contributed by atoms with E-state index < -0.39 is 23.7 Å². The van der Waals surface area contributed by atoms with E-state index in [1.807, 2.05) is 31.2 Å². The maximum atomic E-state index is 12.6. The highest BCUT2D eigenvalue weighted by Crippen LogP contribution is 2.35. The van der Waals surface area contributed by atoms with E-state index >= 15 is 0 Å². The van der Waals surface area contributed by atoms with Gasteiger partial charge in [-0.3, -0.25) is 19.3 Å². The number of benzene rings is 2. The summed E-state index contributed by atoms with van der Waals surface area (Å²) in [5.41, 5.74) is 1.68. The van der Waals surface area contributed by atoms with Gasteiger partial charge in [-0.25, -0.2) is 0 Å². The number of hydrogen-bond donors (Lipinski definition) is 0. The fraction of sp³-hybridized carbons (Fsp3) is 0.261. The molecule has 1 aliphatic heterocycles. The summed E-state index contributed by atoms with van der Waals surface area (Å²) in [5.74, 6) is -0.0463. The molecule has 0 spiro atoms. The first-order valence-corrected chi connectivity index (χ1v) is 11.6. The quantitative estimate of drug-likeness (QED) is 0.339. The Bertz CT molecular complexity index is 1040. The van der Waals surface area contributed by atoms with Gasteiger partial charge in [0.1, 0.15) is 13.2 Å². The van der Waals surface area contributed by atoms with Crippen molar-refractivity contribution < 1.29 is 28.6 Å². The number of hydrogen-bond acceptors (Lipinski definition) is 7. The second-order valence-corrected chi connectivity index (χ2v) is 8.54. The summed E-state index contributed by atoms with van der Waals surface area (Å²) in [5, 5.41) is -0.506. The Morgan fingerprint density at radius 3 is 2.47 bits per heavy atom. The number of imide groups is 1. The molecule has 0 bridgehead atoms. The van der Waals surface area contributed by atoms with Crippen LogP contribution in [0.25, 0.3) is 6.08 Å². The van der Waals surface area contributed by atoms with Crippen molar-refractivity contribution in [3.63, 3.8) is 0 Å². The topological polar surface area (TPSA) is 82.1 Å². The molecule has 0 N–H and O–H groups in total. The molecule has 32 heavy (non-hydrogen) atoms. The summed E-state index contributed by atoms with van der Waals surface area (Å²) < 4.78 is 17.4. The van der Waals surface area contributed by atoms with Gasteiger partial charge in [0.25, 0.3) is 11.1 Å². The van der Waals surface area contributed by atoms with Crippen LogP contribution in [0.15, 0.2) is 51.8 Å². The lowest BCUT2D eigenvalue weighted by molar-refractivity contribution is -0.145. The van der Waals surface area contributed by atoms with Crippen molar-refractivity contribution in [3.05, 3.63) is 63.0 Å². The monoisotopic (exact) mass is 519 g/mol. The number of nitrogens with zero attached hydrogens (tertiary/aromatic N) is 1. The van der Waals surface area contributed by atoms with Crippen LogP contribution in [-0.4, -0.2) is 41.8 Å². The van der Waals surface area contributed by atoms with E-state index in [4.69, 9.17) is 14.2 Å². The van der Waals surface area contributed by atoms with Crippen molar-refractivity contribution in [2.45, 2.75) is 20.5 Å². The van der Waals surface area contributed by atoms with E-state index in [-0.39, 0.29) is 11.5 Å². The first-order valence-electron chi connectivity index (χ1n) is 9.96. The summed E-state index contributed by atoms with van der Waals surface area (Å²) >= 11 is 4.19. The Labute approximate surface area is 198 Å². The fourth-order valence-corrected chi connectivity index (χ4v) is 3.97. The average molecular weight is 520 g/mol. The third-order valence-corrected chi connectivity index (χ3v) is 5.78. The number of thioether (sulfide) groups is 1. The number of ether oxygens (including phenoxy) is 3. The molecule has 1 aliphatic rings. The van der Waals surface area contributed by atoms with Crippen molar-refractivity contribution in [1.29, 1.82) is 0 Å². The zero-order chi connectivity index (χ0) is 23.1. The number of halogens is 1. The third kappa shape index (κ3) is 6.14. The van der Waals surface area contributed by atoms with Crippen molar-refractivity contribution in [2.75, 3.05) is 19.8 Å². The Balaban J connectivity index is 1.75. The van der Waals surface area contributed by atoms with E-state index in [9.17, 15) is 14.4 Å². The number of carbonyl (C=O) groups is 3. The highest BCUT2D eigenvalue weighted by Gasteiger charge is 2.36. The highest BCUT2D eigenvalue weighted by atomic mass is 79.9. The van der Waals surface area contributed by atoms with Gasteiger partial charge in [-0.1, -0.05) is 34.1 Å². The predicted molar refractivity (Wildman–Crippen MR) is 125 cm³/mol. The second-order valence-electron chi connectivity index (χ2n) is 6.63. The van der Waals surface area contributed by atoms with Crippen LogP contribution in [0.4, 0.5) is 4.79 Å². The maximum Gasteiger partial charge on any atom is 0.326 e. The highest BCUT2D eigenvalue weighted by molar-refractivity contribution is 9.10. The minimum atomic E-state index is -0.623. The molecule has 2 aromatic carbocycles. The minimum Gasteiger partial charge on any atom is -0.490 e. The molecular formula is C23H22BrNO6S. The standard InChI is InChI=1S/C23H22BrNO6S/c1-3-29-19-11-16(7-10-18(19)31-14-15-5-8-17(24)9-6-15)12-20-22(27)25(23(28)32-20)13-21(26)30-4-2/h5-12H,3-4,13-14H2,1-2H3/b20-12+. The van der Waals surface area contributed by atoms with Gasteiger partial charge in [0.15, 0.2) is 11.5 Å². The van der Waals surface area contributed by atoms with Crippen LogP contribution in [0.5, 0.6) is 11.5 Å². The second kappa shape index (κ2) is 11.2. The molecule has 0 atom stereocenters. The Hall–Kier alpha value is -2.78. The summed E-state index contributed by atoms with van der Waals surface area (Å²) in [4.78, 5) is 37.5. The van der Waals surface area contributed by atoms with Crippen LogP contribution in [0.1, 0.15) is 25.0 Å². The zero-order valence-corrected chi connectivity index (χ0v) is 20.0. The lowest BCUT2D eigenvalue weighted by Gasteiger charge is -2.13. The molecule has 0 saturated carbocycles. The molecule has 0 radical (unpaired) electrons. The lowest BCUT2D eigenvalue weighted by atomic mass is 10.1. The normalized spacial score (nSPS) is 14.7. The van der Waals surface area contributed by atoms with Crippen LogP contribution < -0.4 is 9.47 Å². The molecule has 0 aliphatic carbocycles. The van der Waals surface area contributed by atoms with E-state index in [0.717, 1.165) is 26.7 Å². The third-order valence-electron chi connectivity index (χ3n) is 4.34. The van der Waals surface area contributed by atoms with Crippen molar-refractivity contribution in [1.82, 2.24) is 4.90 Å². The molecule has 3 rings (SSSR count). The molecule has 0 aromatic heterocycles. The largest absolute Gasteiger partial charge is 0.490 e. The minimum absolute atomic E-state index is 0.182. The van der Waals surface area contributed by atoms with Gasteiger partial charge < -0.3 is 14.2 Å². The van der Waals surface area contributed by atoms with Gasteiger partial charge in [-0.2, -0.15) is 0 Å². The summed E-state index contributed by atoms with van der Waals surface area (Å²) in [7, 11) is 0. The molecule has 1 heterocycles. The Kier molecular flexibility index (Phi) is 8.35. The summed E-state index contributed by atoms with van der Waals surface area (Å²) in [6, 6.07) is 13.1. The maximum absolute atomic E-state index is 12.6. The van der Waals surface area contributed by atoms with Crippen LogP contribution in [0.3, 0.4) is 0 Å². The Morgan fingerprint density at radius 1 is 1.03 bits per heavy atom. The zero-order valence-electron chi connectivity index (χ0n) is 17.6. The van der Waals surface area contributed by atoms with Crippen molar-refractivity contribution in [2.24, 2.45) is 0 Å². The van der Waals surface area contributed by atoms with E-state index in [0.29, 0.717) is 30.3 Å². The van der Waals surface area contributed by atoms with Gasteiger partial charge in [0.05, 0.1) is 18.1 Å². The number of amides is 2.